The molecule has 2 aliphatic rings. The van der Waals surface area contributed by atoms with Gasteiger partial charge in [-0.05, 0) is 31.6 Å². The van der Waals surface area contributed by atoms with Crippen molar-refractivity contribution < 1.29 is 19.4 Å². The molecular weight excluding hydrogens is 210 g/mol. The van der Waals surface area contributed by atoms with Gasteiger partial charge in [-0.3, -0.25) is 4.79 Å². The van der Waals surface area contributed by atoms with Crippen LogP contribution < -0.4 is 0 Å². The van der Waals surface area contributed by atoms with Gasteiger partial charge in [-0.1, -0.05) is 0 Å². The Labute approximate surface area is 94.4 Å². The van der Waals surface area contributed by atoms with Gasteiger partial charge >= 0.3 is 5.97 Å². The van der Waals surface area contributed by atoms with E-state index in [2.05, 4.69) is 0 Å². The Hall–Kier alpha value is -1.10. The van der Waals surface area contributed by atoms with Gasteiger partial charge in [0.1, 0.15) is 12.6 Å². The molecule has 0 radical (unpaired) electrons. The van der Waals surface area contributed by atoms with Crippen LogP contribution in [0.5, 0.6) is 0 Å². The number of rotatable bonds is 5. The van der Waals surface area contributed by atoms with E-state index in [1.165, 1.54) is 17.7 Å². The van der Waals surface area contributed by atoms with Gasteiger partial charge in [-0.15, -0.1) is 0 Å². The fraction of sp³-hybridized carbons (Fsp3) is 0.818. The van der Waals surface area contributed by atoms with Gasteiger partial charge in [0.15, 0.2) is 0 Å². The lowest BCUT2D eigenvalue weighted by Gasteiger charge is -2.21. The molecule has 1 heterocycles. The highest BCUT2D eigenvalue weighted by Gasteiger charge is 2.34. The number of hydrogen-bond acceptors (Lipinski definition) is 3. The first-order valence-corrected chi connectivity index (χ1v) is 5.78. The zero-order valence-corrected chi connectivity index (χ0v) is 9.22. The molecule has 0 unspecified atom stereocenters. The third-order valence-electron chi connectivity index (χ3n) is 3.13. The largest absolute Gasteiger partial charge is 0.480 e. The summed E-state index contributed by atoms with van der Waals surface area (Å²) in [6.07, 6.45) is 3.71. The van der Waals surface area contributed by atoms with Gasteiger partial charge in [0.25, 0.3) is 0 Å². The molecule has 5 nitrogen and oxygen atoms in total. The highest BCUT2D eigenvalue weighted by molar-refractivity contribution is 5.84. The Morgan fingerprint density at radius 2 is 2.06 bits per heavy atom. The molecule has 0 aromatic rings. The second-order valence-corrected chi connectivity index (χ2v) is 4.54. The summed E-state index contributed by atoms with van der Waals surface area (Å²) in [6, 6.07) is -0.642. The first-order valence-electron chi connectivity index (χ1n) is 5.78. The summed E-state index contributed by atoms with van der Waals surface area (Å²) < 4.78 is 5.28. The van der Waals surface area contributed by atoms with E-state index in [0.29, 0.717) is 25.5 Å². The minimum Gasteiger partial charge on any atom is -0.480 e. The smallest absolute Gasteiger partial charge is 0.326 e. The standard InChI is InChI=1S/C11H17NO4/c13-10(7-16-6-8-3-4-8)12-5-1-2-9(12)11(14)15/h8-9H,1-7H2,(H,14,15)/t9-/m1/s1. The zero-order chi connectivity index (χ0) is 11.5. The first kappa shape index (κ1) is 11.4. The Kier molecular flexibility index (Phi) is 3.43. The summed E-state index contributed by atoms with van der Waals surface area (Å²) in [4.78, 5) is 24.0. The topological polar surface area (TPSA) is 66.8 Å². The molecule has 2 rings (SSSR count). The average Bonchev–Trinajstić information content (AvgIpc) is 2.93. The van der Waals surface area contributed by atoms with Crippen molar-refractivity contribution in [3.63, 3.8) is 0 Å². The lowest BCUT2D eigenvalue weighted by Crippen LogP contribution is -2.42. The van der Waals surface area contributed by atoms with E-state index in [-0.39, 0.29) is 12.5 Å². The molecule has 1 aliphatic heterocycles. The number of carbonyl (C=O) groups excluding carboxylic acids is 1. The predicted molar refractivity (Wildman–Crippen MR) is 55.9 cm³/mol. The normalized spacial score (nSPS) is 24.8. The highest BCUT2D eigenvalue weighted by Crippen LogP contribution is 2.28. The minimum atomic E-state index is -0.909. The number of carboxylic acids is 1. The van der Waals surface area contributed by atoms with Gasteiger partial charge in [0, 0.05) is 6.54 Å². The minimum absolute atomic E-state index is 0.0281. The lowest BCUT2D eigenvalue weighted by atomic mass is 10.2. The summed E-state index contributed by atoms with van der Waals surface area (Å²) in [5, 5.41) is 8.92. The first-order chi connectivity index (χ1) is 7.68. The van der Waals surface area contributed by atoms with Gasteiger partial charge in [-0.2, -0.15) is 0 Å². The quantitative estimate of drug-likeness (QED) is 0.742. The van der Waals surface area contributed by atoms with Crippen LogP contribution in [0.3, 0.4) is 0 Å². The van der Waals surface area contributed by atoms with Crippen molar-refractivity contribution in [2.45, 2.75) is 31.7 Å². The van der Waals surface area contributed by atoms with Crippen molar-refractivity contribution in [3.05, 3.63) is 0 Å². The Bertz CT molecular complexity index is 288. The zero-order valence-electron chi connectivity index (χ0n) is 9.22. The van der Waals surface area contributed by atoms with Gasteiger partial charge in [0.05, 0.1) is 6.61 Å². The molecule has 1 saturated carbocycles. The Balaban J connectivity index is 1.75. The van der Waals surface area contributed by atoms with E-state index in [4.69, 9.17) is 9.84 Å². The van der Waals surface area contributed by atoms with E-state index < -0.39 is 12.0 Å². The molecule has 0 bridgehead atoms. The van der Waals surface area contributed by atoms with Crippen LogP contribution in [0.15, 0.2) is 0 Å². The number of hydrogen-bond donors (Lipinski definition) is 1. The van der Waals surface area contributed by atoms with Crippen molar-refractivity contribution in [1.29, 1.82) is 0 Å². The maximum atomic E-state index is 11.7. The van der Waals surface area contributed by atoms with Crippen LogP contribution in [-0.4, -0.2) is 47.7 Å². The molecule has 1 amide bonds. The van der Waals surface area contributed by atoms with Crippen molar-refractivity contribution in [2.24, 2.45) is 5.92 Å². The second kappa shape index (κ2) is 4.82. The number of ether oxygens (including phenoxy) is 1. The predicted octanol–water partition coefficient (Wildman–Crippen LogP) is 0.489. The summed E-state index contributed by atoms with van der Waals surface area (Å²) in [6.45, 7) is 1.21. The molecule has 0 aromatic heterocycles. The summed E-state index contributed by atoms with van der Waals surface area (Å²) in [5.41, 5.74) is 0. The molecule has 1 saturated heterocycles. The van der Waals surface area contributed by atoms with Crippen molar-refractivity contribution in [1.82, 2.24) is 4.90 Å². The maximum Gasteiger partial charge on any atom is 0.326 e. The van der Waals surface area contributed by atoms with E-state index in [1.807, 2.05) is 0 Å². The van der Waals surface area contributed by atoms with E-state index in [9.17, 15) is 9.59 Å². The highest BCUT2D eigenvalue weighted by atomic mass is 16.5. The van der Waals surface area contributed by atoms with E-state index in [0.717, 1.165) is 6.42 Å². The molecular formula is C11H17NO4. The fourth-order valence-corrected chi connectivity index (χ4v) is 2.00. The number of carbonyl (C=O) groups is 2. The molecule has 1 aliphatic carbocycles. The summed E-state index contributed by atoms with van der Waals surface area (Å²) >= 11 is 0. The van der Waals surface area contributed by atoms with Gasteiger partial charge in [0.2, 0.25) is 5.91 Å². The van der Waals surface area contributed by atoms with E-state index >= 15 is 0 Å². The number of likely N-dealkylation sites (tertiary alicyclic amines) is 1. The van der Waals surface area contributed by atoms with Crippen molar-refractivity contribution in [3.8, 4) is 0 Å². The van der Waals surface area contributed by atoms with Crippen LogP contribution in [0, 0.1) is 5.92 Å². The molecule has 90 valence electrons. The van der Waals surface area contributed by atoms with Crippen molar-refractivity contribution in [2.75, 3.05) is 19.8 Å². The van der Waals surface area contributed by atoms with Crippen LogP contribution in [0.2, 0.25) is 0 Å². The average molecular weight is 227 g/mol. The van der Waals surface area contributed by atoms with Crippen LogP contribution in [0.25, 0.3) is 0 Å². The lowest BCUT2D eigenvalue weighted by molar-refractivity contribution is -0.150. The molecule has 0 aromatic carbocycles. The van der Waals surface area contributed by atoms with Gasteiger partial charge in [-0.25, -0.2) is 4.79 Å². The van der Waals surface area contributed by atoms with Crippen LogP contribution in [0.1, 0.15) is 25.7 Å². The number of amides is 1. The molecule has 1 atom stereocenters. The Morgan fingerprint density at radius 3 is 2.69 bits per heavy atom. The van der Waals surface area contributed by atoms with Crippen LogP contribution >= 0.6 is 0 Å². The molecule has 2 fully saturated rings. The number of nitrogens with zero attached hydrogens (tertiary/aromatic N) is 1. The summed E-state index contributed by atoms with van der Waals surface area (Å²) in [5.74, 6) is -0.472. The monoisotopic (exact) mass is 227 g/mol. The van der Waals surface area contributed by atoms with Gasteiger partial charge < -0.3 is 14.7 Å². The third-order valence-corrected chi connectivity index (χ3v) is 3.13. The number of aliphatic carboxylic acids is 1. The van der Waals surface area contributed by atoms with Crippen molar-refractivity contribution >= 4 is 11.9 Å². The van der Waals surface area contributed by atoms with Crippen LogP contribution in [0.4, 0.5) is 0 Å². The van der Waals surface area contributed by atoms with Crippen LogP contribution in [-0.2, 0) is 14.3 Å². The molecule has 16 heavy (non-hydrogen) atoms. The fourth-order valence-electron chi connectivity index (χ4n) is 2.00. The molecule has 5 heteroatoms. The summed E-state index contributed by atoms with van der Waals surface area (Å²) in [7, 11) is 0. The number of carboxylic acid groups (broad SMARTS) is 1. The SMILES string of the molecule is O=C(O)[C@H]1CCCN1C(=O)COCC1CC1. The molecule has 1 N–H and O–H groups in total. The van der Waals surface area contributed by atoms with E-state index in [1.54, 1.807) is 0 Å². The Morgan fingerprint density at radius 1 is 1.31 bits per heavy atom. The maximum absolute atomic E-state index is 11.7. The third kappa shape index (κ3) is 2.72. The second-order valence-electron chi connectivity index (χ2n) is 4.54. The molecule has 0 spiro atoms.